The second-order valence-corrected chi connectivity index (χ2v) is 9.30. The zero-order valence-corrected chi connectivity index (χ0v) is 19.9. The van der Waals surface area contributed by atoms with E-state index in [0.29, 0.717) is 18.6 Å². The number of amides is 1. The van der Waals surface area contributed by atoms with Crippen LogP contribution in [-0.2, 0) is 15.9 Å². The molecule has 0 aliphatic carbocycles. The molecule has 180 valence electrons. The van der Waals surface area contributed by atoms with Crippen LogP contribution in [0.1, 0.15) is 18.4 Å². The van der Waals surface area contributed by atoms with Crippen molar-refractivity contribution in [3.63, 3.8) is 0 Å². The zero-order valence-electron chi connectivity index (χ0n) is 19.1. The number of hydrogen-bond donors (Lipinski definition) is 2. The Labute approximate surface area is 199 Å². The van der Waals surface area contributed by atoms with E-state index in [4.69, 9.17) is 26.8 Å². The Bertz CT molecular complexity index is 915. The number of hydrogen-bond acceptors (Lipinski definition) is 8. The first-order valence-corrected chi connectivity index (χ1v) is 11.7. The number of aromatic nitrogens is 3. The van der Waals surface area contributed by atoms with Gasteiger partial charge in [-0.1, -0.05) is 23.7 Å². The van der Waals surface area contributed by atoms with Crippen LogP contribution in [0, 0.1) is 0 Å². The molecule has 0 saturated carbocycles. The van der Waals surface area contributed by atoms with Crippen LogP contribution in [0.3, 0.4) is 0 Å². The highest BCUT2D eigenvalue weighted by atomic mass is 35.5. The third-order valence-electron chi connectivity index (χ3n) is 6.28. The predicted molar refractivity (Wildman–Crippen MR) is 126 cm³/mol. The summed E-state index contributed by atoms with van der Waals surface area (Å²) in [5.74, 6) is 1.05. The minimum atomic E-state index is -0.354. The fraction of sp³-hybridized carbons (Fsp3) is 0.591. The molecule has 2 aliphatic rings. The van der Waals surface area contributed by atoms with Gasteiger partial charge in [-0.3, -0.25) is 9.88 Å². The summed E-state index contributed by atoms with van der Waals surface area (Å²) in [6.07, 6.45) is 2.35. The molecule has 2 aliphatic heterocycles. The maximum absolute atomic E-state index is 11.9. The van der Waals surface area contributed by atoms with Gasteiger partial charge < -0.3 is 25.0 Å². The van der Waals surface area contributed by atoms with E-state index in [1.807, 2.05) is 12.1 Å². The van der Waals surface area contributed by atoms with Crippen LogP contribution in [0.2, 0.25) is 5.02 Å². The molecule has 0 unspecified atom stereocenters. The average molecular weight is 478 g/mol. The average Bonchev–Trinajstić information content (AvgIpc) is 3.26. The van der Waals surface area contributed by atoms with Gasteiger partial charge in [0, 0.05) is 50.8 Å². The van der Waals surface area contributed by atoms with Gasteiger partial charge in [0.1, 0.15) is 12.7 Å². The van der Waals surface area contributed by atoms with Gasteiger partial charge in [0.05, 0.1) is 6.61 Å². The van der Waals surface area contributed by atoms with E-state index >= 15 is 0 Å². The number of rotatable bonds is 6. The molecule has 4 rings (SSSR count). The van der Waals surface area contributed by atoms with E-state index in [2.05, 4.69) is 37.1 Å². The highest BCUT2D eigenvalue weighted by Gasteiger charge is 2.36. The summed E-state index contributed by atoms with van der Waals surface area (Å²) >= 11 is 6.07. The number of morpholine rings is 1. The monoisotopic (exact) mass is 477 g/mol. The molecule has 10 nitrogen and oxygen atoms in total. The van der Waals surface area contributed by atoms with Gasteiger partial charge >= 0.3 is 6.09 Å². The first kappa shape index (κ1) is 23.6. The van der Waals surface area contributed by atoms with Crippen LogP contribution in [0.5, 0.6) is 0 Å². The molecule has 0 radical (unpaired) electrons. The Morgan fingerprint density at radius 2 is 2.00 bits per heavy atom. The summed E-state index contributed by atoms with van der Waals surface area (Å²) in [4.78, 5) is 21.0. The number of halogens is 1. The molecule has 2 saturated heterocycles. The lowest BCUT2D eigenvalue weighted by atomic mass is 9.96. The molecule has 1 aromatic heterocycles. The largest absolute Gasteiger partial charge is 0.447 e. The Morgan fingerprint density at radius 1 is 1.27 bits per heavy atom. The summed E-state index contributed by atoms with van der Waals surface area (Å²) in [5, 5.41) is 8.73. The lowest BCUT2D eigenvalue weighted by Crippen LogP contribution is -2.58. The van der Waals surface area contributed by atoms with E-state index in [1.54, 1.807) is 14.1 Å². The van der Waals surface area contributed by atoms with Crippen LogP contribution in [0.15, 0.2) is 24.3 Å². The molecule has 2 fully saturated rings. The van der Waals surface area contributed by atoms with Crippen LogP contribution in [0.4, 0.5) is 16.7 Å². The van der Waals surface area contributed by atoms with Gasteiger partial charge in [-0.25, -0.2) is 4.79 Å². The lowest BCUT2D eigenvalue weighted by molar-refractivity contribution is -0.100. The van der Waals surface area contributed by atoms with Crippen molar-refractivity contribution in [2.24, 2.45) is 0 Å². The molecule has 11 heteroatoms. The smallest absolute Gasteiger partial charge is 0.409 e. The Balaban J connectivity index is 1.41. The summed E-state index contributed by atoms with van der Waals surface area (Å²) < 4.78 is 11.5. The maximum Gasteiger partial charge on any atom is 0.409 e. The summed E-state index contributed by atoms with van der Waals surface area (Å²) in [6, 6.07) is 8.63. The number of nitrogens with two attached hydrogens (primary N) is 1. The van der Waals surface area contributed by atoms with Crippen molar-refractivity contribution < 1.29 is 14.3 Å². The van der Waals surface area contributed by atoms with Crippen molar-refractivity contribution in [2.75, 3.05) is 57.6 Å². The number of anilines is 2. The van der Waals surface area contributed by atoms with Crippen LogP contribution >= 0.6 is 11.6 Å². The minimum Gasteiger partial charge on any atom is -0.447 e. The van der Waals surface area contributed by atoms with Crippen molar-refractivity contribution >= 4 is 29.6 Å². The fourth-order valence-corrected chi connectivity index (χ4v) is 4.63. The van der Waals surface area contributed by atoms with Gasteiger partial charge in [0.2, 0.25) is 11.9 Å². The number of piperidine rings is 1. The van der Waals surface area contributed by atoms with Crippen LogP contribution in [0.25, 0.3) is 0 Å². The zero-order chi connectivity index (χ0) is 23.4. The quantitative estimate of drug-likeness (QED) is 0.649. The normalized spacial score (nSPS) is 22.3. The summed E-state index contributed by atoms with van der Waals surface area (Å²) in [7, 11) is 3.35. The van der Waals surface area contributed by atoms with Crippen LogP contribution in [-0.4, -0.2) is 96.2 Å². The second kappa shape index (κ2) is 10.6. The summed E-state index contributed by atoms with van der Waals surface area (Å²) in [5.41, 5.74) is 6.92. The highest BCUT2D eigenvalue weighted by molar-refractivity contribution is 6.30. The third kappa shape index (κ3) is 6.07. The standard InChI is InChI=1S/C22H32ClN7O3/c1-28(2)22(31)33-14-19-12-30(18(13-32-19)11-15-3-5-16(23)6-4-15)17-7-9-29(10-8-17)21-25-20(24)26-27-21/h3-6,17-19H,7-14H2,1-2H3,(H3,24,25,26,27)/t18-,19+/m0/s1. The molecular formula is C22H32ClN7O3. The molecule has 3 heterocycles. The molecule has 1 amide bonds. The highest BCUT2D eigenvalue weighted by Crippen LogP contribution is 2.27. The Kier molecular flexibility index (Phi) is 7.56. The van der Waals surface area contributed by atoms with Crippen LogP contribution < -0.4 is 10.6 Å². The minimum absolute atomic E-state index is 0.150. The number of aromatic amines is 1. The van der Waals surface area contributed by atoms with E-state index in [0.717, 1.165) is 49.9 Å². The van der Waals surface area contributed by atoms with E-state index < -0.39 is 0 Å². The Hall–Kier alpha value is -2.56. The predicted octanol–water partition coefficient (Wildman–Crippen LogP) is 2.02. The number of nitrogens with zero attached hydrogens (tertiary/aromatic N) is 5. The van der Waals surface area contributed by atoms with E-state index in [9.17, 15) is 4.79 Å². The van der Waals surface area contributed by atoms with Crippen molar-refractivity contribution in [1.29, 1.82) is 0 Å². The molecule has 2 atom stereocenters. The van der Waals surface area contributed by atoms with Crippen molar-refractivity contribution in [3.8, 4) is 0 Å². The summed E-state index contributed by atoms with van der Waals surface area (Å²) in [6.45, 7) is 3.29. The molecular weight excluding hydrogens is 446 g/mol. The molecule has 2 aromatic rings. The first-order chi connectivity index (χ1) is 15.9. The van der Waals surface area contributed by atoms with E-state index in [1.165, 1.54) is 10.5 Å². The number of ether oxygens (including phenoxy) is 2. The van der Waals surface area contributed by atoms with Gasteiger partial charge in [-0.15, -0.1) is 10.2 Å². The van der Waals surface area contributed by atoms with E-state index in [-0.39, 0.29) is 24.8 Å². The van der Waals surface area contributed by atoms with Gasteiger partial charge in [0.15, 0.2) is 0 Å². The SMILES string of the molecule is CN(C)C(=O)OC[C@H]1CN(C2CCN(c3nnc(N)[nH]3)CC2)[C@@H](Cc2ccc(Cl)cc2)CO1. The second-order valence-electron chi connectivity index (χ2n) is 8.86. The number of benzene rings is 1. The van der Waals surface area contributed by atoms with Gasteiger partial charge in [-0.05, 0) is 37.0 Å². The number of H-pyrrole nitrogens is 1. The molecule has 3 N–H and O–H groups in total. The maximum atomic E-state index is 11.9. The fourth-order valence-electron chi connectivity index (χ4n) is 4.51. The van der Waals surface area contributed by atoms with Crippen molar-refractivity contribution in [3.05, 3.63) is 34.9 Å². The number of nitrogen functional groups attached to an aromatic ring is 1. The number of nitrogens with one attached hydrogen (secondary N) is 1. The van der Waals surface area contributed by atoms with Gasteiger partial charge in [-0.2, -0.15) is 0 Å². The van der Waals surface area contributed by atoms with Gasteiger partial charge in [0.25, 0.3) is 0 Å². The molecule has 0 bridgehead atoms. The molecule has 0 spiro atoms. The molecule has 33 heavy (non-hydrogen) atoms. The molecule has 1 aromatic carbocycles. The lowest BCUT2D eigenvalue weighted by Gasteiger charge is -2.46. The Morgan fingerprint density at radius 3 is 2.64 bits per heavy atom. The first-order valence-electron chi connectivity index (χ1n) is 11.3. The van der Waals surface area contributed by atoms with Crippen molar-refractivity contribution in [2.45, 2.75) is 37.5 Å². The number of carbonyl (C=O) groups excluding carboxylic acids is 1. The number of carbonyl (C=O) groups is 1. The van der Waals surface area contributed by atoms with Crippen molar-refractivity contribution in [1.82, 2.24) is 25.0 Å². The third-order valence-corrected chi connectivity index (χ3v) is 6.53. The topological polar surface area (TPSA) is 113 Å².